The Balaban J connectivity index is 3.08. The summed E-state index contributed by atoms with van der Waals surface area (Å²) in [7, 11) is 0. The van der Waals surface area contributed by atoms with Crippen LogP contribution in [0.25, 0.3) is 0 Å². The molecule has 2 heteroatoms. The van der Waals surface area contributed by atoms with Crippen LogP contribution >= 0.6 is 0 Å². The van der Waals surface area contributed by atoms with Gasteiger partial charge in [0.1, 0.15) is 5.82 Å². The molecule has 42 valence electrons. The summed E-state index contributed by atoms with van der Waals surface area (Å²) in [4.78, 5) is 0. The van der Waals surface area contributed by atoms with E-state index >= 15 is 0 Å². The molecule has 1 rings (SSSR count). The topological polar surface area (TPSA) is 26.0 Å². The van der Waals surface area contributed by atoms with Crippen LogP contribution in [0.4, 0.5) is 10.1 Å². The molecule has 1 aromatic carbocycles. The second-order valence-corrected chi connectivity index (χ2v) is 1.56. The van der Waals surface area contributed by atoms with Crippen LogP contribution < -0.4 is 5.73 Å². The van der Waals surface area contributed by atoms with Crippen LogP contribution in [0.5, 0.6) is 0 Å². The summed E-state index contributed by atoms with van der Waals surface area (Å²) in [5.74, 6) is -0.287. The molecule has 0 radical (unpaired) electrons. The van der Waals surface area contributed by atoms with E-state index in [1.54, 1.807) is 12.1 Å². The molecule has 0 saturated carbocycles. The molecule has 0 amide bonds. The zero-order valence-corrected chi connectivity index (χ0v) is 4.26. The zero-order chi connectivity index (χ0) is 5.98. The smallest absolute Gasteiger partial charge is 0.125 e. The molecule has 1 aromatic rings. The third kappa shape index (κ3) is 0.964. The largest absolute Gasteiger partial charge is 0.399 e. The summed E-state index contributed by atoms with van der Waals surface area (Å²) in [6.07, 6.45) is 0. The van der Waals surface area contributed by atoms with E-state index in [1.807, 2.05) is 0 Å². The first-order valence-corrected chi connectivity index (χ1v) is 2.30. The fourth-order valence-corrected chi connectivity index (χ4v) is 0.507. The van der Waals surface area contributed by atoms with E-state index in [0.717, 1.165) is 0 Å². The minimum Gasteiger partial charge on any atom is -0.399 e. The van der Waals surface area contributed by atoms with Gasteiger partial charge in [0, 0.05) is 5.69 Å². The molecule has 8 heavy (non-hydrogen) atoms. The highest BCUT2D eigenvalue weighted by atomic mass is 18.2. The lowest BCUT2D eigenvalue weighted by Gasteiger charge is -1.88. The molecule has 0 aliphatic rings. The molecule has 0 bridgehead atoms. The highest BCUT2D eigenvalue weighted by Gasteiger charge is 1.85. The van der Waals surface area contributed by atoms with Crippen molar-refractivity contribution >= 4 is 5.69 Å². The predicted molar refractivity (Wildman–Crippen MR) is 30.8 cm³/mol. The van der Waals surface area contributed by atoms with Crippen LogP contribution in [0.15, 0.2) is 24.3 Å². The SMILES string of the molecule is Nc1cccc([18F])c1. The Morgan fingerprint density at radius 1 is 1.38 bits per heavy atom. The van der Waals surface area contributed by atoms with Gasteiger partial charge in [0.25, 0.3) is 0 Å². The van der Waals surface area contributed by atoms with Gasteiger partial charge in [-0.15, -0.1) is 0 Å². The Labute approximate surface area is 46.9 Å². The van der Waals surface area contributed by atoms with E-state index in [1.165, 1.54) is 12.1 Å². The number of nitrogens with two attached hydrogens (primary N) is 1. The van der Waals surface area contributed by atoms with E-state index in [-0.39, 0.29) is 5.82 Å². The lowest BCUT2D eigenvalue weighted by molar-refractivity contribution is 0.628. The third-order valence-electron chi connectivity index (χ3n) is 0.849. The standard InChI is InChI=1S/C6H6FN/c7-5-2-1-3-6(8)4-5/h1-4H,8H2/i7-1. The fraction of sp³-hybridized carbons (Fsp3) is 0. The van der Waals surface area contributed by atoms with Gasteiger partial charge in [0.15, 0.2) is 0 Å². The van der Waals surface area contributed by atoms with E-state index in [4.69, 9.17) is 5.73 Å². The molecular weight excluding hydrogens is 104 g/mol. The maximum atomic E-state index is 12.1. The van der Waals surface area contributed by atoms with Gasteiger partial charge in [-0.05, 0) is 18.2 Å². The highest BCUT2D eigenvalue weighted by Crippen LogP contribution is 2.02. The number of hydrogen-bond acceptors (Lipinski definition) is 1. The van der Waals surface area contributed by atoms with Gasteiger partial charge in [-0.1, -0.05) is 6.07 Å². The Morgan fingerprint density at radius 2 is 2.12 bits per heavy atom. The minimum atomic E-state index is -0.287. The molecule has 2 N–H and O–H groups in total. The fourth-order valence-electron chi connectivity index (χ4n) is 0.507. The first-order valence-electron chi connectivity index (χ1n) is 2.30. The highest BCUT2D eigenvalue weighted by molar-refractivity contribution is 5.36. The van der Waals surface area contributed by atoms with Crippen LogP contribution in [-0.4, -0.2) is 0 Å². The maximum Gasteiger partial charge on any atom is 0.125 e. The van der Waals surface area contributed by atoms with Crippen LogP contribution in [-0.2, 0) is 0 Å². The summed E-state index contributed by atoms with van der Waals surface area (Å²) in [5.41, 5.74) is 5.68. The number of nitrogen functional groups attached to an aromatic ring is 1. The average Bonchev–Trinajstić information content (AvgIpc) is 1.64. The molecule has 0 saturated heterocycles. The van der Waals surface area contributed by atoms with Crippen molar-refractivity contribution in [1.82, 2.24) is 0 Å². The molecule has 0 aromatic heterocycles. The number of hydrogen-bond donors (Lipinski definition) is 1. The molecule has 0 spiro atoms. The minimum absolute atomic E-state index is 0.287. The Morgan fingerprint density at radius 3 is 2.50 bits per heavy atom. The molecule has 1 nitrogen and oxygen atoms in total. The van der Waals surface area contributed by atoms with Gasteiger partial charge >= 0.3 is 0 Å². The second kappa shape index (κ2) is 1.82. The van der Waals surface area contributed by atoms with Gasteiger partial charge in [-0.25, -0.2) is 4.39 Å². The van der Waals surface area contributed by atoms with Gasteiger partial charge in [0.05, 0.1) is 0 Å². The predicted octanol–water partition coefficient (Wildman–Crippen LogP) is 1.41. The lowest BCUT2D eigenvalue weighted by Crippen LogP contribution is -1.83. The van der Waals surface area contributed by atoms with Gasteiger partial charge in [-0.2, -0.15) is 0 Å². The zero-order valence-electron chi connectivity index (χ0n) is 4.26. The van der Waals surface area contributed by atoms with Crippen molar-refractivity contribution < 1.29 is 4.39 Å². The third-order valence-corrected chi connectivity index (χ3v) is 0.849. The van der Waals surface area contributed by atoms with Crippen LogP contribution in [0, 0.1) is 5.82 Å². The molecule has 0 heterocycles. The van der Waals surface area contributed by atoms with E-state index in [0.29, 0.717) is 5.69 Å². The van der Waals surface area contributed by atoms with Crippen molar-refractivity contribution in [1.29, 1.82) is 0 Å². The molecule has 0 atom stereocenters. The summed E-state index contributed by atoms with van der Waals surface area (Å²) in [6.45, 7) is 0. The molecule has 0 unspecified atom stereocenters. The summed E-state index contributed by atoms with van der Waals surface area (Å²) < 4.78 is 12.1. The molecule has 0 aliphatic carbocycles. The van der Waals surface area contributed by atoms with Crippen LogP contribution in [0.2, 0.25) is 0 Å². The van der Waals surface area contributed by atoms with Gasteiger partial charge in [0.2, 0.25) is 0 Å². The van der Waals surface area contributed by atoms with Crippen molar-refractivity contribution in [2.45, 2.75) is 0 Å². The van der Waals surface area contributed by atoms with Crippen LogP contribution in [0.3, 0.4) is 0 Å². The summed E-state index contributed by atoms with van der Waals surface area (Å²) >= 11 is 0. The lowest BCUT2D eigenvalue weighted by atomic mass is 10.3. The summed E-state index contributed by atoms with van der Waals surface area (Å²) in [5, 5.41) is 0. The maximum absolute atomic E-state index is 12.1. The molecular formula is C6H6FN. The van der Waals surface area contributed by atoms with Crippen molar-refractivity contribution in [3.05, 3.63) is 30.1 Å². The van der Waals surface area contributed by atoms with E-state index < -0.39 is 0 Å². The Bertz CT molecular complexity index is 168. The van der Waals surface area contributed by atoms with Crippen molar-refractivity contribution in [3.8, 4) is 0 Å². The number of anilines is 1. The number of benzene rings is 1. The monoisotopic (exact) mass is 110 g/mol. The van der Waals surface area contributed by atoms with Crippen LogP contribution in [0.1, 0.15) is 0 Å². The van der Waals surface area contributed by atoms with Crippen molar-refractivity contribution in [2.24, 2.45) is 0 Å². The number of halogens is 1. The molecule has 0 fully saturated rings. The van der Waals surface area contributed by atoms with Crippen molar-refractivity contribution in [2.75, 3.05) is 5.73 Å². The quantitative estimate of drug-likeness (QED) is 0.502. The average molecular weight is 110 g/mol. The first kappa shape index (κ1) is 5.09. The van der Waals surface area contributed by atoms with Gasteiger partial charge in [-0.3, -0.25) is 0 Å². The summed E-state index contributed by atoms with van der Waals surface area (Å²) in [6, 6.07) is 5.85. The second-order valence-electron chi connectivity index (χ2n) is 1.56. The Kier molecular flexibility index (Phi) is 1.16. The normalized spacial score (nSPS) is 9.12. The number of rotatable bonds is 0. The van der Waals surface area contributed by atoms with Gasteiger partial charge < -0.3 is 5.73 Å². The van der Waals surface area contributed by atoms with Crippen molar-refractivity contribution in [3.63, 3.8) is 0 Å². The first-order chi connectivity index (χ1) is 3.79. The Hall–Kier alpha value is -1.05. The van der Waals surface area contributed by atoms with E-state index in [9.17, 15) is 4.39 Å². The molecule has 0 aliphatic heterocycles. The van der Waals surface area contributed by atoms with E-state index in [2.05, 4.69) is 0 Å².